The number of nitrogens with one attached hydrogen (secondary N) is 2. The number of hydrogen-bond donors (Lipinski definition) is 2. The van der Waals surface area contributed by atoms with Crippen LogP contribution in [-0.2, 0) is 19.6 Å². The summed E-state index contributed by atoms with van der Waals surface area (Å²) in [5, 5.41) is 6.41. The lowest BCUT2D eigenvalue weighted by atomic mass is 9.67. The average molecular weight is 436 g/mol. The highest BCUT2D eigenvalue weighted by Crippen LogP contribution is 2.44. The lowest BCUT2D eigenvalue weighted by Crippen LogP contribution is -2.54. The third-order valence-corrected chi connectivity index (χ3v) is 9.63. The largest absolute Gasteiger partial charge is 0.381 e. The maximum absolute atomic E-state index is 13.1. The Kier molecular flexibility index (Phi) is 7.29. The van der Waals surface area contributed by atoms with Crippen molar-refractivity contribution in [3.05, 3.63) is 0 Å². The van der Waals surface area contributed by atoms with Crippen LogP contribution in [0.4, 0.5) is 0 Å². The number of sulfonamides is 1. The summed E-state index contributed by atoms with van der Waals surface area (Å²) < 4.78 is 32.6. The molecule has 0 aromatic carbocycles. The molecule has 4 fully saturated rings. The standard InChI is InChI=1S/C19H33N3O4S.ClH/c23-18(19-8-2-1-3-15(19)13-20-14-19)21-16-4-9-22(10-5-16)27(24,25)17-6-11-26-12-7-17;/h15-17,20H,1-14H2,(H,21,23);1H/t15-,19+;/m0./s1. The Bertz CT molecular complexity index is 648. The van der Waals surface area contributed by atoms with Gasteiger partial charge in [0.25, 0.3) is 0 Å². The second-order valence-corrected chi connectivity index (χ2v) is 10.9. The van der Waals surface area contributed by atoms with E-state index in [1.807, 2.05) is 0 Å². The predicted octanol–water partition coefficient (Wildman–Crippen LogP) is 1.28. The number of carbonyl (C=O) groups is 1. The zero-order valence-corrected chi connectivity index (χ0v) is 18.2. The van der Waals surface area contributed by atoms with Crippen LogP contribution in [0.5, 0.6) is 0 Å². The first-order valence-corrected chi connectivity index (χ1v) is 12.1. The van der Waals surface area contributed by atoms with Crippen molar-refractivity contribution in [2.75, 3.05) is 39.4 Å². The minimum Gasteiger partial charge on any atom is -0.381 e. The quantitative estimate of drug-likeness (QED) is 0.694. The first-order valence-electron chi connectivity index (χ1n) is 10.6. The molecule has 9 heteroatoms. The van der Waals surface area contributed by atoms with Crippen molar-refractivity contribution in [1.29, 1.82) is 0 Å². The van der Waals surface area contributed by atoms with Gasteiger partial charge < -0.3 is 15.4 Å². The van der Waals surface area contributed by atoms with Crippen molar-refractivity contribution in [2.45, 2.75) is 62.7 Å². The molecule has 1 aliphatic carbocycles. The molecule has 7 nitrogen and oxygen atoms in total. The molecule has 4 rings (SSSR count). The smallest absolute Gasteiger partial charge is 0.228 e. The van der Waals surface area contributed by atoms with Crippen LogP contribution in [-0.4, -0.2) is 69.3 Å². The van der Waals surface area contributed by atoms with Gasteiger partial charge in [0.15, 0.2) is 0 Å². The zero-order chi connectivity index (χ0) is 18.9. The van der Waals surface area contributed by atoms with Crippen molar-refractivity contribution < 1.29 is 17.9 Å². The molecule has 3 aliphatic heterocycles. The third-order valence-electron chi connectivity index (χ3n) is 7.23. The summed E-state index contributed by atoms with van der Waals surface area (Å²) in [5.41, 5.74) is -0.233. The van der Waals surface area contributed by atoms with E-state index < -0.39 is 10.0 Å². The molecule has 1 saturated carbocycles. The molecule has 3 heterocycles. The SMILES string of the molecule is Cl.O=C(NC1CCN(S(=O)(=O)C2CCOCC2)CC1)[C@@]12CCCC[C@H]1CNC2. The van der Waals surface area contributed by atoms with E-state index in [9.17, 15) is 13.2 Å². The summed E-state index contributed by atoms with van der Waals surface area (Å²) in [6, 6.07) is 0.0937. The van der Waals surface area contributed by atoms with E-state index >= 15 is 0 Å². The number of amides is 1. The van der Waals surface area contributed by atoms with E-state index in [0.717, 1.165) is 32.4 Å². The number of fused-ring (bicyclic) bond motifs is 1. The van der Waals surface area contributed by atoms with Crippen molar-refractivity contribution in [3.63, 3.8) is 0 Å². The molecule has 0 radical (unpaired) electrons. The lowest BCUT2D eigenvalue weighted by Gasteiger charge is -2.40. The molecular weight excluding hydrogens is 402 g/mol. The van der Waals surface area contributed by atoms with Gasteiger partial charge in [0.05, 0.1) is 10.7 Å². The van der Waals surface area contributed by atoms with E-state index in [1.54, 1.807) is 4.31 Å². The van der Waals surface area contributed by atoms with Crippen molar-refractivity contribution in [2.24, 2.45) is 11.3 Å². The fourth-order valence-electron chi connectivity index (χ4n) is 5.46. The lowest BCUT2D eigenvalue weighted by molar-refractivity contribution is -0.135. The molecule has 0 bridgehead atoms. The highest BCUT2D eigenvalue weighted by molar-refractivity contribution is 7.89. The Balaban J connectivity index is 0.00000225. The van der Waals surface area contributed by atoms with Crippen LogP contribution in [0.15, 0.2) is 0 Å². The molecule has 28 heavy (non-hydrogen) atoms. The maximum Gasteiger partial charge on any atom is 0.228 e. The van der Waals surface area contributed by atoms with Crippen LogP contribution in [0.3, 0.4) is 0 Å². The van der Waals surface area contributed by atoms with Crippen LogP contribution in [0.25, 0.3) is 0 Å². The van der Waals surface area contributed by atoms with Gasteiger partial charge in [0, 0.05) is 38.9 Å². The predicted molar refractivity (Wildman–Crippen MR) is 110 cm³/mol. The Morgan fingerprint density at radius 3 is 2.50 bits per heavy atom. The number of piperidine rings is 1. The molecular formula is C19H34ClN3O4S. The van der Waals surface area contributed by atoms with Crippen molar-refractivity contribution >= 4 is 28.3 Å². The van der Waals surface area contributed by atoms with Crippen LogP contribution >= 0.6 is 12.4 Å². The molecule has 0 aromatic heterocycles. The van der Waals surface area contributed by atoms with Gasteiger partial charge in [-0.25, -0.2) is 12.7 Å². The first kappa shape index (κ1) is 22.3. The zero-order valence-electron chi connectivity index (χ0n) is 16.5. The van der Waals surface area contributed by atoms with E-state index in [-0.39, 0.29) is 35.0 Å². The highest BCUT2D eigenvalue weighted by atomic mass is 35.5. The Labute approximate surface area is 174 Å². The molecule has 0 aromatic rings. The van der Waals surface area contributed by atoms with E-state index in [1.165, 1.54) is 6.42 Å². The molecule has 2 N–H and O–H groups in total. The summed E-state index contributed by atoms with van der Waals surface area (Å²) in [4.78, 5) is 13.1. The summed E-state index contributed by atoms with van der Waals surface area (Å²) in [7, 11) is -3.24. The molecule has 0 unspecified atom stereocenters. The first-order chi connectivity index (χ1) is 13.0. The third kappa shape index (κ3) is 4.21. The molecule has 162 valence electrons. The van der Waals surface area contributed by atoms with Gasteiger partial charge in [0.2, 0.25) is 15.9 Å². The highest BCUT2D eigenvalue weighted by Gasteiger charge is 2.50. The Morgan fingerprint density at radius 2 is 1.79 bits per heavy atom. The number of ether oxygens (including phenoxy) is 1. The second-order valence-electron chi connectivity index (χ2n) is 8.73. The van der Waals surface area contributed by atoms with Gasteiger partial charge in [-0.2, -0.15) is 0 Å². The van der Waals surface area contributed by atoms with Crippen LogP contribution < -0.4 is 10.6 Å². The van der Waals surface area contributed by atoms with Gasteiger partial charge in [-0.05, 0) is 51.0 Å². The monoisotopic (exact) mass is 435 g/mol. The minimum absolute atomic E-state index is 0. The molecule has 1 amide bonds. The van der Waals surface area contributed by atoms with Gasteiger partial charge in [0.1, 0.15) is 0 Å². The van der Waals surface area contributed by atoms with Crippen LogP contribution in [0.2, 0.25) is 0 Å². The molecule has 4 aliphatic rings. The second kappa shape index (κ2) is 9.16. The fourth-order valence-corrected chi connectivity index (χ4v) is 7.39. The van der Waals surface area contributed by atoms with E-state index in [4.69, 9.17) is 4.74 Å². The summed E-state index contributed by atoms with van der Waals surface area (Å²) in [6.07, 6.45) is 7.09. The van der Waals surface area contributed by atoms with E-state index in [2.05, 4.69) is 10.6 Å². The van der Waals surface area contributed by atoms with Crippen molar-refractivity contribution in [1.82, 2.24) is 14.9 Å². The van der Waals surface area contributed by atoms with E-state index in [0.29, 0.717) is 57.9 Å². The Morgan fingerprint density at radius 1 is 1.07 bits per heavy atom. The summed E-state index contributed by atoms with van der Waals surface area (Å²) in [6.45, 7) is 3.84. The van der Waals surface area contributed by atoms with Gasteiger partial charge in [-0.1, -0.05) is 12.8 Å². The topological polar surface area (TPSA) is 87.7 Å². The number of nitrogens with zero attached hydrogens (tertiary/aromatic N) is 1. The molecule has 2 atom stereocenters. The van der Waals surface area contributed by atoms with Crippen LogP contribution in [0, 0.1) is 11.3 Å². The summed E-state index contributed by atoms with van der Waals surface area (Å²) in [5.74, 6) is 0.656. The van der Waals surface area contributed by atoms with Crippen molar-refractivity contribution in [3.8, 4) is 0 Å². The normalized spacial score (nSPS) is 33.1. The summed E-state index contributed by atoms with van der Waals surface area (Å²) >= 11 is 0. The number of rotatable bonds is 4. The maximum atomic E-state index is 13.1. The van der Waals surface area contributed by atoms with Gasteiger partial charge in [-0.15, -0.1) is 12.4 Å². The number of halogens is 1. The van der Waals surface area contributed by atoms with Crippen LogP contribution in [0.1, 0.15) is 51.4 Å². The number of carbonyl (C=O) groups excluding carboxylic acids is 1. The molecule has 3 saturated heterocycles. The fraction of sp³-hybridized carbons (Fsp3) is 0.947. The average Bonchev–Trinajstić information content (AvgIpc) is 3.14. The van der Waals surface area contributed by atoms with Gasteiger partial charge in [-0.3, -0.25) is 4.79 Å². The Hall–Kier alpha value is -0.410. The number of hydrogen-bond acceptors (Lipinski definition) is 5. The van der Waals surface area contributed by atoms with Gasteiger partial charge >= 0.3 is 0 Å². The molecule has 0 spiro atoms. The minimum atomic E-state index is -3.24.